The van der Waals surface area contributed by atoms with E-state index in [1.807, 2.05) is 25.1 Å². The quantitative estimate of drug-likeness (QED) is 0.531. The molecule has 1 heterocycles. The summed E-state index contributed by atoms with van der Waals surface area (Å²) < 4.78 is 0. The Morgan fingerprint density at radius 2 is 2.00 bits per heavy atom. The number of nitrogens with zero attached hydrogens (tertiary/aromatic N) is 2. The van der Waals surface area contributed by atoms with Crippen LogP contribution < -0.4 is 10.6 Å². The number of hydrogen-bond acceptors (Lipinski definition) is 5. The summed E-state index contributed by atoms with van der Waals surface area (Å²) in [5.74, 6) is 0.819. The minimum absolute atomic E-state index is 0.124. The van der Waals surface area contributed by atoms with E-state index in [2.05, 4.69) is 31.9 Å². The summed E-state index contributed by atoms with van der Waals surface area (Å²) in [5.41, 5.74) is 2.92. The van der Waals surface area contributed by atoms with E-state index >= 15 is 0 Å². The predicted molar refractivity (Wildman–Crippen MR) is 106 cm³/mol. The van der Waals surface area contributed by atoms with E-state index in [1.54, 1.807) is 24.3 Å². The summed E-state index contributed by atoms with van der Waals surface area (Å²) in [6.45, 7) is 2.58. The number of aromatic nitrogens is 3. The van der Waals surface area contributed by atoms with Crippen LogP contribution in [-0.4, -0.2) is 26.8 Å². The van der Waals surface area contributed by atoms with E-state index in [0.29, 0.717) is 28.2 Å². The van der Waals surface area contributed by atoms with Gasteiger partial charge < -0.3 is 10.6 Å². The highest BCUT2D eigenvalue weighted by Crippen LogP contribution is 2.16. The zero-order valence-electron chi connectivity index (χ0n) is 14.1. The Kier molecular flexibility index (Phi) is 6.14. The molecule has 0 saturated heterocycles. The van der Waals surface area contributed by atoms with E-state index < -0.39 is 0 Å². The molecule has 0 saturated carbocycles. The van der Waals surface area contributed by atoms with Crippen LogP contribution in [0.5, 0.6) is 0 Å². The fourth-order valence-corrected chi connectivity index (χ4v) is 2.97. The Labute approximate surface area is 160 Å². The number of nitrogens with one attached hydrogen (secondary N) is 3. The van der Waals surface area contributed by atoms with Crippen LogP contribution >= 0.6 is 23.4 Å². The number of halogens is 1. The van der Waals surface area contributed by atoms with Gasteiger partial charge in [-0.05, 0) is 48.9 Å². The van der Waals surface area contributed by atoms with Gasteiger partial charge in [-0.3, -0.25) is 9.89 Å². The molecule has 8 heteroatoms. The second-order valence-electron chi connectivity index (χ2n) is 5.63. The van der Waals surface area contributed by atoms with Gasteiger partial charge >= 0.3 is 0 Å². The highest BCUT2D eigenvalue weighted by Gasteiger charge is 2.08. The Bertz CT molecular complexity index is 881. The molecule has 26 heavy (non-hydrogen) atoms. The highest BCUT2D eigenvalue weighted by atomic mass is 35.5. The van der Waals surface area contributed by atoms with Crippen molar-refractivity contribution in [3.05, 3.63) is 64.9 Å². The molecule has 2 aromatic carbocycles. The van der Waals surface area contributed by atoms with Gasteiger partial charge in [-0.15, -0.1) is 5.10 Å². The van der Waals surface area contributed by atoms with Crippen molar-refractivity contribution in [2.75, 3.05) is 16.4 Å². The molecule has 3 N–H and O–H groups in total. The monoisotopic (exact) mass is 387 g/mol. The molecule has 0 unspecified atom stereocenters. The maximum atomic E-state index is 12.0. The third kappa shape index (κ3) is 5.50. The van der Waals surface area contributed by atoms with Crippen LogP contribution in [-0.2, 0) is 11.3 Å². The number of aryl methyl sites for hydroxylation is 1. The number of carbonyl (C=O) groups is 1. The molecule has 0 aliphatic heterocycles. The van der Waals surface area contributed by atoms with Gasteiger partial charge in [0.2, 0.25) is 11.1 Å². The molecule has 0 radical (unpaired) electrons. The van der Waals surface area contributed by atoms with Gasteiger partial charge in [-0.2, -0.15) is 0 Å². The lowest BCUT2D eigenvalue weighted by molar-refractivity contribution is -0.113. The second-order valence-corrected chi connectivity index (χ2v) is 7.01. The lowest BCUT2D eigenvalue weighted by Crippen LogP contribution is -2.13. The second kappa shape index (κ2) is 8.73. The maximum Gasteiger partial charge on any atom is 0.234 e. The highest BCUT2D eigenvalue weighted by molar-refractivity contribution is 7.99. The fraction of sp³-hybridized carbons (Fsp3) is 0.167. The molecule has 134 valence electrons. The number of rotatable bonds is 7. The van der Waals surface area contributed by atoms with Gasteiger partial charge in [0.1, 0.15) is 5.82 Å². The van der Waals surface area contributed by atoms with Gasteiger partial charge in [0.15, 0.2) is 0 Å². The first-order valence-electron chi connectivity index (χ1n) is 7.98. The van der Waals surface area contributed by atoms with Gasteiger partial charge in [-0.1, -0.05) is 35.5 Å². The number of hydrogen-bond donors (Lipinski definition) is 3. The lowest BCUT2D eigenvalue weighted by atomic mass is 10.2. The van der Waals surface area contributed by atoms with E-state index in [4.69, 9.17) is 11.6 Å². The molecular formula is C18H18ClN5OS. The third-order valence-corrected chi connectivity index (χ3v) is 4.55. The zero-order valence-corrected chi connectivity index (χ0v) is 15.7. The van der Waals surface area contributed by atoms with Crippen molar-refractivity contribution in [3.8, 4) is 0 Å². The Hall–Kier alpha value is -2.51. The van der Waals surface area contributed by atoms with Crippen LogP contribution in [0.2, 0.25) is 5.02 Å². The zero-order chi connectivity index (χ0) is 18.4. The largest absolute Gasteiger partial charge is 0.378 e. The van der Waals surface area contributed by atoms with Crippen molar-refractivity contribution in [1.82, 2.24) is 15.2 Å². The Morgan fingerprint density at radius 3 is 2.77 bits per heavy atom. The molecule has 0 aliphatic carbocycles. The average Bonchev–Trinajstić information content (AvgIpc) is 3.08. The van der Waals surface area contributed by atoms with Crippen LogP contribution in [0.25, 0.3) is 0 Å². The van der Waals surface area contributed by atoms with Crippen LogP contribution in [0.4, 0.5) is 11.4 Å². The summed E-state index contributed by atoms with van der Waals surface area (Å²) in [5, 5.41) is 14.3. The van der Waals surface area contributed by atoms with Crippen molar-refractivity contribution in [3.63, 3.8) is 0 Å². The Morgan fingerprint density at radius 1 is 1.19 bits per heavy atom. The minimum atomic E-state index is -0.124. The fourth-order valence-electron chi connectivity index (χ4n) is 2.22. The number of benzene rings is 2. The molecule has 3 aromatic rings. The number of anilines is 2. The van der Waals surface area contributed by atoms with Crippen molar-refractivity contribution < 1.29 is 4.79 Å². The number of thioether (sulfide) groups is 1. The SMILES string of the molecule is Cc1cccc(NCc2nc(SCC(=O)Nc3ccc(Cl)cc3)n[nH]2)c1. The first-order chi connectivity index (χ1) is 12.6. The maximum absolute atomic E-state index is 12.0. The van der Waals surface area contributed by atoms with Crippen LogP contribution in [0, 0.1) is 6.92 Å². The van der Waals surface area contributed by atoms with Gasteiger partial charge in [0, 0.05) is 16.4 Å². The van der Waals surface area contributed by atoms with E-state index in [-0.39, 0.29) is 11.7 Å². The van der Waals surface area contributed by atoms with Crippen molar-refractivity contribution in [1.29, 1.82) is 0 Å². The van der Waals surface area contributed by atoms with Gasteiger partial charge in [0.05, 0.1) is 12.3 Å². The first-order valence-corrected chi connectivity index (χ1v) is 9.35. The Balaban J connectivity index is 1.45. The van der Waals surface area contributed by atoms with Crippen LogP contribution in [0.1, 0.15) is 11.4 Å². The van der Waals surface area contributed by atoms with Crippen molar-refractivity contribution >= 4 is 40.6 Å². The molecule has 1 aromatic heterocycles. The molecule has 3 rings (SSSR count). The number of H-pyrrole nitrogens is 1. The predicted octanol–water partition coefficient (Wildman–Crippen LogP) is 4.11. The van der Waals surface area contributed by atoms with E-state index in [0.717, 1.165) is 5.69 Å². The molecule has 1 amide bonds. The smallest absolute Gasteiger partial charge is 0.234 e. The van der Waals surface area contributed by atoms with E-state index in [9.17, 15) is 4.79 Å². The summed E-state index contributed by atoms with van der Waals surface area (Å²) in [4.78, 5) is 16.4. The third-order valence-electron chi connectivity index (χ3n) is 3.45. The summed E-state index contributed by atoms with van der Waals surface area (Å²) in [6.07, 6.45) is 0. The molecular weight excluding hydrogens is 370 g/mol. The molecule has 6 nitrogen and oxygen atoms in total. The normalized spacial score (nSPS) is 10.5. The molecule has 0 atom stereocenters. The summed E-state index contributed by atoms with van der Waals surface area (Å²) in [6, 6.07) is 15.1. The van der Waals surface area contributed by atoms with E-state index in [1.165, 1.54) is 17.3 Å². The van der Waals surface area contributed by atoms with Crippen molar-refractivity contribution in [2.24, 2.45) is 0 Å². The van der Waals surface area contributed by atoms with Crippen LogP contribution in [0.15, 0.2) is 53.7 Å². The molecule has 0 aliphatic rings. The number of aromatic amines is 1. The topological polar surface area (TPSA) is 82.7 Å². The van der Waals surface area contributed by atoms with Gasteiger partial charge in [0.25, 0.3) is 0 Å². The van der Waals surface area contributed by atoms with Crippen molar-refractivity contribution in [2.45, 2.75) is 18.6 Å². The van der Waals surface area contributed by atoms with Gasteiger partial charge in [-0.25, -0.2) is 4.98 Å². The average molecular weight is 388 g/mol. The standard InChI is InChI=1S/C18H18ClN5OS/c1-12-3-2-4-15(9-12)20-10-16-22-18(24-23-16)26-11-17(25)21-14-7-5-13(19)6-8-14/h2-9,20H,10-11H2,1H3,(H,21,25)(H,22,23,24). The lowest BCUT2D eigenvalue weighted by Gasteiger charge is -2.04. The molecule has 0 fully saturated rings. The summed E-state index contributed by atoms with van der Waals surface area (Å²) in [7, 11) is 0. The number of carbonyl (C=O) groups excluding carboxylic acids is 1. The first kappa shape index (κ1) is 18.3. The number of amides is 1. The minimum Gasteiger partial charge on any atom is -0.378 e. The molecule has 0 spiro atoms. The van der Waals surface area contributed by atoms with Crippen LogP contribution in [0.3, 0.4) is 0 Å². The summed E-state index contributed by atoms with van der Waals surface area (Å²) >= 11 is 7.10. The molecule has 0 bridgehead atoms.